The summed E-state index contributed by atoms with van der Waals surface area (Å²) in [5.41, 5.74) is 4.92. The quantitative estimate of drug-likeness (QED) is 0.384. The Morgan fingerprint density at radius 3 is 2.29 bits per heavy atom. The van der Waals surface area contributed by atoms with Gasteiger partial charge in [0.2, 0.25) is 5.91 Å². The lowest BCUT2D eigenvalue weighted by Gasteiger charge is -2.13. The third-order valence-electron chi connectivity index (χ3n) is 5.43. The Morgan fingerprint density at radius 2 is 1.60 bits per heavy atom. The lowest BCUT2D eigenvalue weighted by molar-refractivity contribution is -0.129. The zero-order valence-electron chi connectivity index (χ0n) is 18.9. The lowest BCUT2D eigenvalue weighted by atomic mass is 10.1. The minimum atomic E-state index is -0.759. The summed E-state index contributed by atoms with van der Waals surface area (Å²) in [5, 5.41) is 0. The standard InChI is InChI=1S/C24H23FN6O4/c1-2-29-15-26-22-21(29)23(34)31(24(35)30(22)13-17-6-4-3-5-7-17)14-20(33)28-27-19(32)12-16-8-10-18(25)11-9-16/h3-11,15H,2,12-14H2,1H3,(H,27,32)(H,28,33). The fourth-order valence-corrected chi connectivity index (χ4v) is 3.68. The van der Waals surface area contributed by atoms with Gasteiger partial charge in [-0.05, 0) is 30.2 Å². The van der Waals surface area contributed by atoms with Crippen LogP contribution in [0.3, 0.4) is 0 Å². The Hall–Kier alpha value is -4.54. The maximum atomic E-state index is 13.2. The first-order valence-electron chi connectivity index (χ1n) is 10.9. The normalized spacial score (nSPS) is 10.9. The first-order chi connectivity index (χ1) is 16.9. The molecule has 2 aromatic heterocycles. The Bertz CT molecular complexity index is 1490. The number of aryl methyl sites for hydroxylation is 1. The van der Waals surface area contributed by atoms with E-state index in [0.29, 0.717) is 12.1 Å². The molecule has 10 nitrogen and oxygen atoms in total. The highest BCUT2D eigenvalue weighted by atomic mass is 19.1. The van der Waals surface area contributed by atoms with Crippen molar-refractivity contribution >= 4 is 23.0 Å². The van der Waals surface area contributed by atoms with Crippen molar-refractivity contribution in [2.75, 3.05) is 0 Å². The van der Waals surface area contributed by atoms with E-state index in [1.807, 2.05) is 37.3 Å². The monoisotopic (exact) mass is 478 g/mol. The number of nitrogens with one attached hydrogen (secondary N) is 2. The van der Waals surface area contributed by atoms with Gasteiger partial charge in [-0.25, -0.2) is 18.7 Å². The number of benzene rings is 2. The number of carbonyl (C=O) groups is 2. The number of imidazole rings is 1. The molecular formula is C24H23FN6O4. The van der Waals surface area contributed by atoms with Crippen molar-refractivity contribution < 1.29 is 14.0 Å². The molecule has 0 saturated carbocycles. The number of carbonyl (C=O) groups excluding carboxylic acids is 2. The fraction of sp³-hybridized carbons (Fsp3) is 0.208. The second kappa shape index (κ2) is 10.2. The van der Waals surface area contributed by atoms with Crippen LogP contribution in [0.2, 0.25) is 0 Å². The summed E-state index contributed by atoms with van der Waals surface area (Å²) in [6.07, 6.45) is 1.39. The van der Waals surface area contributed by atoms with Crippen LogP contribution < -0.4 is 22.1 Å². The maximum Gasteiger partial charge on any atom is 0.333 e. The highest BCUT2D eigenvalue weighted by molar-refractivity contribution is 5.83. The van der Waals surface area contributed by atoms with E-state index in [4.69, 9.17) is 0 Å². The molecule has 4 aromatic rings. The molecule has 0 bridgehead atoms. The predicted octanol–water partition coefficient (Wildman–Crippen LogP) is 0.957. The van der Waals surface area contributed by atoms with Gasteiger partial charge in [0.25, 0.3) is 11.5 Å². The number of amides is 2. The van der Waals surface area contributed by atoms with Gasteiger partial charge >= 0.3 is 5.69 Å². The summed E-state index contributed by atoms with van der Waals surface area (Å²) in [6.45, 7) is 1.84. The molecule has 180 valence electrons. The van der Waals surface area contributed by atoms with Crippen molar-refractivity contribution in [1.82, 2.24) is 29.5 Å². The topological polar surface area (TPSA) is 120 Å². The average molecular weight is 478 g/mol. The fourth-order valence-electron chi connectivity index (χ4n) is 3.68. The molecule has 0 aliphatic heterocycles. The summed E-state index contributed by atoms with van der Waals surface area (Å²) in [5.74, 6) is -1.73. The van der Waals surface area contributed by atoms with Crippen LogP contribution in [-0.2, 0) is 35.6 Å². The second-order valence-corrected chi connectivity index (χ2v) is 7.85. The molecule has 0 fully saturated rings. The highest BCUT2D eigenvalue weighted by Crippen LogP contribution is 2.09. The molecule has 2 amide bonds. The molecule has 0 atom stereocenters. The lowest BCUT2D eigenvalue weighted by Crippen LogP contribution is -2.48. The molecule has 0 radical (unpaired) electrons. The van der Waals surface area contributed by atoms with Crippen LogP contribution in [0, 0.1) is 5.82 Å². The molecule has 4 rings (SSSR count). The van der Waals surface area contributed by atoms with Crippen LogP contribution in [0.5, 0.6) is 0 Å². The molecule has 11 heteroatoms. The Morgan fingerprint density at radius 1 is 0.914 bits per heavy atom. The summed E-state index contributed by atoms with van der Waals surface area (Å²) in [4.78, 5) is 55.2. The average Bonchev–Trinajstić information content (AvgIpc) is 3.29. The van der Waals surface area contributed by atoms with E-state index in [1.54, 1.807) is 4.57 Å². The van der Waals surface area contributed by atoms with Gasteiger partial charge in [0.15, 0.2) is 11.2 Å². The predicted molar refractivity (Wildman–Crippen MR) is 126 cm³/mol. The minimum absolute atomic E-state index is 0.0912. The van der Waals surface area contributed by atoms with Crippen molar-refractivity contribution in [1.29, 1.82) is 0 Å². The van der Waals surface area contributed by atoms with Crippen molar-refractivity contribution in [2.24, 2.45) is 0 Å². The Labute approximate surface area is 198 Å². The van der Waals surface area contributed by atoms with Crippen molar-refractivity contribution in [3.05, 3.63) is 98.7 Å². The van der Waals surface area contributed by atoms with Crippen LogP contribution in [0.25, 0.3) is 11.2 Å². The molecule has 2 heterocycles. The molecule has 0 aliphatic carbocycles. The van der Waals surface area contributed by atoms with Gasteiger partial charge in [-0.3, -0.25) is 29.8 Å². The van der Waals surface area contributed by atoms with Crippen LogP contribution in [-0.4, -0.2) is 30.5 Å². The number of nitrogens with zero attached hydrogens (tertiary/aromatic N) is 4. The number of aromatic nitrogens is 4. The number of rotatable bonds is 7. The SMILES string of the molecule is CCn1cnc2c1c(=O)n(CC(=O)NNC(=O)Cc1ccc(F)cc1)c(=O)n2Cc1ccccc1. The van der Waals surface area contributed by atoms with E-state index in [0.717, 1.165) is 10.1 Å². The molecule has 2 aromatic carbocycles. The molecule has 0 saturated heterocycles. The van der Waals surface area contributed by atoms with Crippen molar-refractivity contribution in [3.63, 3.8) is 0 Å². The Balaban J connectivity index is 1.56. The van der Waals surface area contributed by atoms with E-state index >= 15 is 0 Å². The first-order valence-corrected chi connectivity index (χ1v) is 10.9. The van der Waals surface area contributed by atoms with Crippen LogP contribution in [0.4, 0.5) is 4.39 Å². The zero-order valence-corrected chi connectivity index (χ0v) is 18.9. The minimum Gasteiger partial charge on any atom is -0.325 e. The largest absolute Gasteiger partial charge is 0.333 e. The smallest absolute Gasteiger partial charge is 0.325 e. The number of halogens is 1. The van der Waals surface area contributed by atoms with E-state index in [2.05, 4.69) is 15.8 Å². The summed E-state index contributed by atoms with van der Waals surface area (Å²) >= 11 is 0. The van der Waals surface area contributed by atoms with Gasteiger partial charge in [0, 0.05) is 6.54 Å². The van der Waals surface area contributed by atoms with E-state index in [9.17, 15) is 23.6 Å². The number of hydrogen-bond acceptors (Lipinski definition) is 5. The van der Waals surface area contributed by atoms with E-state index < -0.39 is 35.4 Å². The molecule has 35 heavy (non-hydrogen) atoms. The van der Waals surface area contributed by atoms with Crippen LogP contribution >= 0.6 is 0 Å². The van der Waals surface area contributed by atoms with Crippen LogP contribution in [0.15, 0.2) is 70.5 Å². The van der Waals surface area contributed by atoms with Crippen molar-refractivity contribution in [3.8, 4) is 0 Å². The molecule has 0 aliphatic rings. The second-order valence-electron chi connectivity index (χ2n) is 7.85. The number of hydrazine groups is 1. The van der Waals surface area contributed by atoms with Gasteiger partial charge in [0.1, 0.15) is 12.4 Å². The molecular weight excluding hydrogens is 455 g/mol. The third-order valence-corrected chi connectivity index (χ3v) is 5.43. The van der Waals surface area contributed by atoms with Gasteiger partial charge in [-0.2, -0.15) is 0 Å². The van der Waals surface area contributed by atoms with Gasteiger partial charge < -0.3 is 4.57 Å². The van der Waals surface area contributed by atoms with Crippen LogP contribution in [0.1, 0.15) is 18.1 Å². The number of hydrogen-bond donors (Lipinski definition) is 2. The zero-order chi connectivity index (χ0) is 24.9. The van der Waals surface area contributed by atoms with E-state index in [1.165, 1.54) is 35.2 Å². The molecule has 2 N–H and O–H groups in total. The summed E-state index contributed by atoms with van der Waals surface area (Å²) < 4.78 is 16.8. The highest BCUT2D eigenvalue weighted by Gasteiger charge is 2.19. The summed E-state index contributed by atoms with van der Waals surface area (Å²) in [6, 6.07) is 14.6. The summed E-state index contributed by atoms with van der Waals surface area (Å²) in [7, 11) is 0. The Kier molecular flexibility index (Phi) is 6.86. The maximum absolute atomic E-state index is 13.2. The van der Waals surface area contributed by atoms with Gasteiger partial charge in [-0.1, -0.05) is 42.5 Å². The number of fused-ring (bicyclic) bond motifs is 1. The van der Waals surface area contributed by atoms with Crippen molar-refractivity contribution in [2.45, 2.75) is 33.0 Å². The third kappa shape index (κ3) is 5.18. The molecule has 0 spiro atoms. The van der Waals surface area contributed by atoms with E-state index in [-0.39, 0.29) is 24.1 Å². The van der Waals surface area contributed by atoms with Gasteiger partial charge in [0.05, 0.1) is 19.3 Å². The molecule has 0 unspecified atom stereocenters. The van der Waals surface area contributed by atoms with Gasteiger partial charge in [-0.15, -0.1) is 0 Å². The first kappa shape index (κ1) is 23.6.